The Hall–Kier alpha value is -0.430. The number of nitrogens with one attached hydrogen (secondary N) is 1. The molecule has 0 bridgehead atoms. The molecule has 1 aliphatic carbocycles. The molecule has 1 fully saturated rings. The Morgan fingerprint density at radius 2 is 1.88 bits per heavy atom. The minimum absolute atomic E-state index is 0.253. The van der Waals surface area contributed by atoms with Gasteiger partial charge in [-0.1, -0.05) is 15.9 Å². The zero-order valence-corrected chi connectivity index (χ0v) is 11.5. The summed E-state index contributed by atoms with van der Waals surface area (Å²) in [4.78, 5) is 0.264. The van der Waals surface area contributed by atoms with Gasteiger partial charge in [0.15, 0.2) is 0 Å². The van der Waals surface area contributed by atoms with Crippen LogP contribution in [0.2, 0.25) is 0 Å². The molecule has 94 valence electrons. The maximum absolute atomic E-state index is 11.9. The third-order valence-corrected chi connectivity index (χ3v) is 4.86. The topological polar surface area (TPSA) is 66.4 Å². The van der Waals surface area contributed by atoms with Crippen LogP contribution in [0, 0.1) is 5.92 Å². The van der Waals surface area contributed by atoms with Crippen molar-refractivity contribution in [1.82, 2.24) is 4.72 Å². The minimum Gasteiger partial charge on any atom is -0.393 e. The molecule has 2 rings (SSSR count). The van der Waals surface area contributed by atoms with Crippen LogP contribution in [0.5, 0.6) is 0 Å². The van der Waals surface area contributed by atoms with E-state index in [1.54, 1.807) is 24.3 Å². The van der Waals surface area contributed by atoms with E-state index in [9.17, 15) is 8.42 Å². The van der Waals surface area contributed by atoms with Crippen molar-refractivity contribution >= 4 is 26.0 Å². The molecular formula is C11H14BrNO3S. The fourth-order valence-corrected chi connectivity index (χ4v) is 3.17. The first-order valence-electron chi connectivity index (χ1n) is 5.40. The molecule has 0 aromatic heterocycles. The van der Waals surface area contributed by atoms with Gasteiger partial charge in [-0.15, -0.1) is 0 Å². The van der Waals surface area contributed by atoms with Crippen molar-refractivity contribution in [3.05, 3.63) is 28.7 Å². The molecule has 0 unspecified atom stereocenters. The molecule has 1 aromatic carbocycles. The lowest BCUT2D eigenvalue weighted by Gasteiger charge is -2.31. The maximum Gasteiger partial charge on any atom is 0.240 e. The third kappa shape index (κ3) is 3.28. The number of sulfonamides is 1. The highest BCUT2D eigenvalue weighted by atomic mass is 79.9. The average molecular weight is 320 g/mol. The van der Waals surface area contributed by atoms with E-state index >= 15 is 0 Å². The number of hydrogen-bond donors (Lipinski definition) is 2. The molecule has 0 heterocycles. The van der Waals surface area contributed by atoms with Gasteiger partial charge in [-0.3, -0.25) is 0 Å². The van der Waals surface area contributed by atoms with Crippen molar-refractivity contribution in [3.63, 3.8) is 0 Å². The second-order valence-electron chi connectivity index (χ2n) is 4.30. The van der Waals surface area contributed by atoms with Crippen molar-refractivity contribution in [3.8, 4) is 0 Å². The van der Waals surface area contributed by atoms with Crippen LogP contribution in [0.4, 0.5) is 0 Å². The van der Waals surface area contributed by atoms with Gasteiger partial charge >= 0.3 is 0 Å². The number of hydrogen-bond acceptors (Lipinski definition) is 3. The van der Waals surface area contributed by atoms with Gasteiger partial charge in [0.2, 0.25) is 10.0 Å². The zero-order valence-electron chi connectivity index (χ0n) is 9.14. The van der Waals surface area contributed by atoms with Gasteiger partial charge in [-0.25, -0.2) is 13.1 Å². The lowest BCUT2D eigenvalue weighted by atomic mass is 9.83. The number of benzene rings is 1. The van der Waals surface area contributed by atoms with E-state index in [0.29, 0.717) is 19.4 Å². The van der Waals surface area contributed by atoms with Gasteiger partial charge in [0.25, 0.3) is 0 Å². The normalized spacial score (nSPS) is 24.4. The SMILES string of the molecule is O=S(=O)(NCC1CC(O)C1)c1ccc(Br)cc1. The Labute approximate surface area is 109 Å². The van der Waals surface area contributed by atoms with Crippen LogP contribution >= 0.6 is 15.9 Å². The number of aliphatic hydroxyl groups is 1. The minimum atomic E-state index is -3.42. The molecule has 17 heavy (non-hydrogen) atoms. The molecule has 6 heteroatoms. The van der Waals surface area contributed by atoms with Crippen molar-refractivity contribution in [1.29, 1.82) is 0 Å². The van der Waals surface area contributed by atoms with Crippen LogP contribution in [-0.4, -0.2) is 26.2 Å². The third-order valence-electron chi connectivity index (χ3n) is 2.90. The fraction of sp³-hybridized carbons (Fsp3) is 0.455. The van der Waals surface area contributed by atoms with Gasteiger partial charge in [0, 0.05) is 11.0 Å². The van der Waals surface area contributed by atoms with E-state index < -0.39 is 10.0 Å². The smallest absolute Gasteiger partial charge is 0.240 e. The zero-order chi connectivity index (χ0) is 12.5. The Kier molecular flexibility index (Phi) is 3.87. The van der Waals surface area contributed by atoms with E-state index in [4.69, 9.17) is 5.11 Å². The number of halogens is 1. The average Bonchev–Trinajstić information content (AvgIpc) is 2.23. The van der Waals surface area contributed by atoms with E-state index in [2.05, 4.69) is 20.7 Å². The second-order valence-corrected chi connectivity index (χ2v) is 6.98. The molecule has 1 saturated carbocycles. The number of aliphatic hydroxyl groups excluding tert-OH is 1. The highest BCUT2D eigenvalue weighted by Crippen LogP contribution is 2.26. The highest BCUT2D eigenvalue weighted by Gasteiger charge is 2.28. The first-order chi connectivity index (χ1) is 7.97. The molecule has 0 saturated heterocycles. The molecule has 2 N–H and O–H groups in total. The molecule has 0 atom stereocenters. The summed E-state index contributed by atoms with van der Waals surface area (Å²) < 4.78 is 27.2. The lowest BCUT2D eigenvalue weighted by molar-refractivity contribution is 0.0453. The van der Waals surface area contributed by atoms with Crippen LogP contribution in [-0.2, 0) is 10.0 Å². The first-order valence-corrected chi connectivity index (χ1v) is 7.68. The molecule has 0 aliphatic heterocycles. The van der Waals surface area contributed by atoms with Crippen LogP contribution < -0.4 is 4.72 Å². The molecule has 0 radical (unpaired) electrons. The Balaban J connectivity index is 1.96. The van der Waals surface area contributed by atoms with Crippen LogP contribution in [0.3, 0.4) is 0 Å². The second kappa shape index (κ2) is 5.06. The molecule has 1 aromatic rings. The Morgan fingerprint density at radius 1 is 1.29 bits per heavy atom. The summed E-state index contributed by atoms with van der Waals surface area (Å²) in [5, 5.41) is 9.11. The fourth-order valence-electron chi connectivity index (χ4n) is 1.79. The summed E-state index contributed by atoms with van der Waals surface area (Å²) in [5.41, 5.74) is 0. The van der Waals surface area contributed by atoms with Gasteiger partial charge in [-0.05, 0) is 43.0 Å². The standard InChI is InChI=1S/C11H14BrNO3S/c12-9-1-3-11(4-2-9)17(15,16)13-7-8-5-10(14)6-8/h1-4,8,10,13-14H,5-7H2. The summed E-state index contributed by atoms with van der Waals surface area (Å²) >= 11 is 3.26. The molecule has 0 spiro atoms. The monoisotopic (exact) mass is 319 g/mol. The molecule has 1 aliphatic rings. The maximum atomic E-state index is 11.9. The summed E-state index contributed by atoms with van der Waals surface area (Å²) in [6, 6.07) is 6.51. The van der Waals surface area contributed by atoms with E-state index in [0.717, 1.165) is 4.47 Å². The van der Waals surface area contributed by atoms with Crippen LogP contribution in [0.1, 0.15) is 12.8 Å². The van der Waals surface area contributed by atoms with Gasteiger partial charge < -0.3 is 5.11 Å². The summed E-state index contributed by atoms with van der Waals surface area (Å²) in [6.45, 7) is 0.398. The van der Waals surface area contributed by atoms with E-state index in [-0.39, 0.29) is 16.9 Å². The summed E-state index contributed by atoms with van der Waals surface area (Å²) in [7, 11) is -3.42. The summed E-state index contributed by atoms with van der Waals surface area (Å²) in [5.74, 6) is 0.259. The molecule has 4 nitrogen and oxygen atoms in total. The number of rotatable bonds is 4. The predicted molar refractivity (Wildman–Crippen MR) is 68.1 cm³/mol. The van der Waals surface area contributed by atoms with Gasteiger partial charge in [0.05, 0.1) is 11.0 Å². The van der Waals surface area contributed by atoms with Crippen LogP contribution in [0.25, 0.3) is 0 Å². The van der Waals surface area contributed by atoms with Gasteiger partial charge in [0.1, 0.15) is 0 Å². The first kappa shape index (κ1) is 13.0. The largest absolute Gasteiger partial charge is 0.393 e. The summed E-state index contributed by atoms with van der Waals surface area (Å²) in [6.07, 6.45) is 1.11. The highest BCUT2D eigenvalue weighted by molar-refractivity contribution is 9.10. The van der Waals surface area contributed by atoms with E-state index in [1.807, 2.05) is 0 Å². The Morgan fingerprint density at radius 3 is 2.41 bits per heavy atom. The quantitative estimate of drug-likeness (QED) is 0.883. The van der Waals surface area contributed by atoms with Gasteiger partial charge in [-0.2, -0.15) is 0 Å². The van der Waals surface area contributed by atoms with Crippen LogP contribution in [0.15, 0.2) is 33.6 Å². The van der Waals surface area contributed by atoms with Crippen molar-refractivity contribution < 1.29 is 13.5 Å². The van der Waals surface area contributed by atoms with Crippen molar-refractivity contribution in [2.24, 2.45) is 5.92 Å². The van der Waals surface area contributed by atoms with E-state index in [1.165, 1.54) is 0 Å². The Bertz CT molecular complexity index is 480. The molecular weight excluding hydrogens is 306 g/mol. The lowest BCUT2D eigenvalue weighted by Crippen LogP contribution is -2.38. The van der Waals surface area contributed by atoms with Crippen molar-refractivity contribution in [2.45, 2.75) is 23.8 Å². The predicted octanol–water partition coefficient (Wildman–Crippen LogP) is 1.50. The van der Waals surface area contributed by atoms with Crippen molar-refractivity contribution in [2.75, 3.05) is 6.54 Å². The molecule has 0 amide bonds.